The molecule has 1 aliphatic rings. The van der Waals surface area contributed by atoms with Gasteiger partial charge in [0, 0.05) is 33.1 Å². The molecule has 22 heavy (non-hydrogen) atoms. The average Bonchev–Trinajstić information content (AvgIpc) is 2.48. The topological polar surface area (TPSA) is 41.6 Å². The Hall–Kier alpha value is -1.60. The van der Waals surface area contributed by atoms with E-state index in [2.05, 4.69) is 5.32 Å². The van der Waals surface area contributed by atoms with Gasteiger partial charge in [-0.15, -0.1) is 0 Å². The highest BCUT2D eigenvalue weighted by Gasteiger charge is 2.32. The summed E-state index contributed by atoms with van der Waals surface area (Å²) in [7, 11) is 0. The molecule has 1 fully saturated rings. The Morgan fingerprint density at radius 3 is 2.64 bits per heavy atom. The summed E-state index contributed by atoms with van der Waals surface area (Å²) in [6, 6.07) is 4.85. The van der Waals surface area contributed by atoms with Crippen LogP contribution in [0.4, 0.5) is 13.2 Å². The molecule has 0 bridgehead atoms. The summed E-state index contributed by atoms with van der Waals surface area (Å²) in [5.41, 5.74) is -0.175. The van der Waals surface area contributed by atoms with Gasteiger partial charge in [0.1, 0.15) is 6.61 Å². The standard InChI is InChI=1S/C15H19F3N2O2/c1-11(21)22-10-14(20-7-5-19-6-8-20)12-3-2-4-13(9-12)15(16,17)18/h2-4,9,14,19H,5-8,10H2,1H3. The molecule has 1 aliphatic heterocycles. The number of rotatable bonds is 4. The maximum atomic E-state index is 12.9. The number of benzene rings is 1. The van der Waals surface area contributed by atoms with E-state index in [1.165, 1.54) is 13.0 Å². The summed E-state index contributed by atoms with van der Waals surface area (Å²) in [5, 5.41) is 3.19. The van der Waals surface area contributed by atoms with Gasteiger partial charge >= 0.3 is 12.1 Å². The molecule has 0 aliphatic carbocycles. The number of halogens is 3. The van der Waals surface area contributed by atoms with Gasteiger partial charge in [-0.1, -0.05) is 12.1 Å². The summed E-state index contributed by atoms with van der Waals surface area (Å²) in [5.74, 6) is -0.438. The van der Waals surface area contributed by atoms with Crippen LogP contribution >= 0.6 is 0 Å². The third-order valence-corrected chi connectivity index (χ3v) is 3.64. The van der Waals surface area contributed by atoms with Gasteiger partial charge in [0.25, 0.3) is 0 Å². The molecular weight excluding hydrogens is 297 g/mol. The van der Waals surface area contributed by atoms with Crippen molar-refractivity contribution in [3.8, 4) is 0 Å². The van der Waals surface area contributed by atoms with Crippen LogP contribution in [-0.4, -0.2) is 43.7 Å². The lowest BCUT2D eigenvalue weighted by atomic mass is 10.0. The Kier molecular flexibility index (Phi) is 5.42. The predicted molar refractivity (Wildman–Crippen MR) is 75.3 cm³/mol. The Bertz CT molecular complexity index is 514. The molecule has 1 unspecified atom stereocenters. The number of nitrogens with zero attached hydrogens (tertiary/aromatic N) is 1. The number of piperazine rings is 1. The first-order valence-corrected chi connectivity index (χ1v) is 7.13. The number of carbonyl (C=O) groups excluding carboxylic acids is 1. The summed E-state index contributed by atoms with van der Waals surface area (Å²) in [6.45, 7) is 4.26. The fourth-order valence-electron chi connectivity index (χ4n) is 2.52. The Morgan fingerprint density at radius 2 is 2.05 bits per heavy atom. The number of alkyl halides is 3. The second-order valence-corrected chi connectivity index (χ2v) is 5.23. The van der Waals surface area contributed by atoms with Crippen LogP contribution in [0.1, 0.15) is 24.1 Å². The van der Waals surface area contributed by atoms with E-state index in [1.54, 1.807) is 6.07 Å². The minimum Gasteiger partial charge on any atom is -0.464 e. The summed E-state index contributed by atoms with van der Waals surface area (Å²) in [6.07, 6.45) is -4.38. The van der Waals surface area contributed by atoms with Crippen molar-refractivity contribution in [1.82, 2.24) is 10.2 Å². The van der Waals surface area contributed by atoms with Gasteiger partial charge in [-0.2, -0.15) is 13.2 Å². The number of hydrogen-bond donors (Lipinski definition) is 1. The van der Waals surface area contributed by atoms with Crippen molar-refractivity contribution < 1.29 is 22.7 Å². The first-order chi connectivity index (χ1) is 10.4. The largest absolute Gasteiger partial charge is 0.464 e. The van der Waals surface area contributed by atoms with Crippen molar-refractivity contribution in [3.05, 3.63) is 35.4 Å². The monoisotopic (exact) mass is 316 g/mol. The number of hydrogen-bond acceptors (Lipinski definition) is 4. The molecule has 0 amide bonds. The highest BCUT2D eigenvalue weighted by atomic mass is 19.4. The first-order valence-electron chi connectivity index (χ1n) is 7.13. The molecule has 0 radical (unpaired) electrons. The van der Waals surface area contributed by atoms with Crippen LogP contribution in [0.5, 0.6) is 0 Å². The fraction of sp³-hybridized carbons (Fsp3) is 0.533. The van der Waals surface area contributed by atoms with E-state index in [0.717, 1.165) is 25.2 Å². The lowest BCUT2D eigenvalue weighted by molar-refractivity contribution is -0.143. The molecule has 0 spiro atoms. The van der Waals surface area contributed by atoms with E-state index in [9.17, 15) is 18.0 Å². The molecule has 1 atom stereocenters. The van der Waals surface area contributed by atoms with Crippen LogP contribution in [0.3, 0.4) is 0 Å². The highest BCUT2D eigenvalue weighted by Crippen LogP contribution is 2.32. The van der Waals surface area contributed by atoms with Crippen molar-refractivity contribution in [2.75, 3.05) is 32.8 Å². The van der Waals surface area contributed by atoms with Crippen LogP contribution in [-0.2, 0) is 15.7 Å². The quantitative estimate of drug-likeness (QED) is 0.865. The van der Waals surface area contributed by atoms with Crippen LogP contribution in [0.2, 0.25) is 0 Å². The van der Waals surface area contributed by atoms with E-state index < -0.39 is 17.7 Å². The first kappa shape index (κ1) is 16.8. The highest BCUT2D eigenvalue weighted by molar-refractivity contribution is 5.65. The molecule has 0 saturated carbocycles. The molecule has 1 N–H and O–H groups in total. The van der Waals surface area contributed by atoms with E-state index in [-0.39, 0.29) is 12.6 Å². The van der Waals surface area contributed by atoms with E-state index in [1.807, 2.05) is 4.90 Å². The van der Waals surface area contributed by atoms with Crippen molar-refractivity contribution in [1.29, 1.82) is 0 Å². The van der Waals surface area contributed by atoms with E-state index in [0.29, 0.717) is 18.7 Å². The number of ether oxygens (including phenoxy) is 1. The van der Waals surface area contributed by atoms with Crippen LogP contribution in [0, 0.1) is 0 Å². The van der Waals surface area contributed by atoms with Gasteiger partial charge in [-0.05, 0) is 17.7 Å². The Labute approximate surface area is 127 Å². The molecule has 1 aromatic rings. The minimum atomic E-state index is -4.38. The Morgan fingerprint density at radius 1 is 1.36 bits per heavy atom. The zero-order chi connectivity index (χ0) is 16.2. The van der Waals surface area contributed by atoms with Gasteiger partial charge in [0.15, 0.2) is 0 Å². The number of nitrogens with one attached hydrogen (secondary N) is 1. The lowest BCUT2D eigenvalue weighted by Crippen LogP contribution is -2.46. The lowest BCUT2D eigenvalue weighted by Gasteiger charge is -2.35. The van der Waals surface area contributed by atoms with Crippen molar-refractivity contribution in [2.24, 2.45) is 0 Å². The molecule has 1 aromatic carbocycles. The third-order valence-electron chi connectivity index (χ3n) is 3.64. The van der Waals surface area contributed by atoms with Crippen LogP contribution in [0.15, 0.2) is 24.3 Å². The smallest absolute Gasteiger partial charge is 0.416 e. The minimum absolute atomic E-state index is 0.0522. The van der Waals surface area contributed by atoms with Gasteiger partial charge in [-0.3, -0.25) is 9.69 Å². The van der Waals surface area contributed by atoms with Crippen LogP contribution in [0.25, 0.3) is 0 Å². The van der Waals surface area contributed by atoms with Crippen LogP contribution < -0.4 is 5.32 Å². The second kappa shape index (κ2) is 7.11. The molecule has 2 rings (SSSR count). The maximum absolute atomic E-state index is 12.9. The Balaban J connectivity index is 2.25. The normalized spacial score (nSPS) is 18.0. The SMILES string of the molecule is CC(=O)OCC(c1cccc(C(F)(F)F)c1)N1CCNCC1. The van der Waals surface area contributed by atoms with E-state index in [4.69, 9.17) is 4.74 Å². The molecule has 122 valence electrons. The van der Waals surface area contributed by atoms with Gasteiger partial charge in [-0.25, -0.2) is 0 Å². The zero-order valence-electron chi connectivity index (χ0n) is 12.3. The number of esters is 1. The zero-order valence-corrected chi connectivity index (χ0v) is 12.3. The summed E-state index contributed by atoms with van der Waals surface area (Å²) >= 11 is 0. The van der Waals surface area contributed by atoms with Crippen molar-refractivity contribution in [3.63, 3.8) is 0 Å². The average molecular weight is 316 g/mol. The van der Waals surface area contributed by atoms with Gasteiger partial charge < -0.3 is 10.1 Å². The van der Waals surface area contributed by atoms with Gasteiger partial charge in [0.2, 0.25) is 0 Å². The van der Waals surface area contributed by atoms with Crippen molar-refractivity contribution in [2.45, 2.75) is 19.1 Å². The van der Waals surface area contributed by atoms with Gasteiger partial charge in [0.05, 0.1) is 11.6 Å². The number of carbonyl (C=O) groups is 1. The molecule has 7 heteroatoms. The second-order valence-electron chi connectivity index (χ2n) is 5.23. The summed E-state index contributed by atoms with van der Waals surface area (Å²) in [4.78, 5) is 13.1. The molecule has 1 saturated heterocycles. The predicted octanol–water partition coefficient (Wildman–Crippen LogP) is 2.21. The summed E-state index contributed by atoms with van der Waals surface area (Å²) < 4.78 is 43.7. The molecule has 4 nitrogen and oxygen atoms in total. The maximum Gasteiger partial charge on any atom is 0.416 e. The fourth-order valence-corrected chi connectivity index (χ4v) is 2.52. The third kappa shape index (κ3) is 4.45. The van der Waals surface area contributed by atoms with E-state index >= 15 is 0 Å². The molecular formula is C15H19F3N2O2. The molecule has 0 aromatic heterocycles. The van der Waals surface area contributed by atoms with Crippen molar-refractivity contribution >= 4 is 5.97 Å². The molecule has 1 heterocycles.